The van der Waals surface area contributed by atoms with Crippen LogP contribution >= 0.6 is 24.0 Å². The minimum absolute atomic E-state index is 0.146. The summed E-state index contributed by atoms with van der Waals surface area (Å²) in [6, 6.07) is 14.8. The SMILES string of the molecule is CCCCCCCCCCCCN1C(=O)C(=C2C(=O)N(CC(=O)Nc3ccccc3C)c3ccccc32)SC1=S. The minimum atomic E-state index is -0.347. The van der Waals surface area contributed by atoms with Crippen molar-refractivity contribution in [3.05, 3.63) is 64.6 Å². The second kappa shape index (κ2) is 14.6. The Kier molecular flexibility index (Phi) is 10.9. The maximum absolute atomic E-state index is 13.7. The van der Waals surface area contributed by atoms with Crippen LogP contribution in [0.2, 0.25) is 0 Å². The van der Waals surface area contributed by atoms with E-state index >= 15 is 0 Å². The lowest BCUT2D eigenvalue weighted by molar-refractivity contribution is -0.122. The van der Waals surface area contributed by atoms with E-state index in [1.165, 1.54) is 61.6 Å². The summed E-state index contributed by atoms with van der Waals surface area (Å²) >= 11 is 6.76. The minimum Gasteiger partial charge on any atom is -0.324 e. The lowest BCUT2D eigenvalue weighted by Gasteiger charge is -2.17. The third-order valence-corrected chi connectivity index (χ3v) is 8.90. The van der Waals surface area contributed by atoms with Gasteiger partial charge >= 0.3 is 0 Å². The molecule has 0 aliphatic carbocycles. The van der Waals surface area contributed by atoms with Gasteiger partial charge in [-0.1, -0.05) is 125 Å². The molecule has 1 saturated heterocycles. The Hall–Kier alpha value is -2.97. The summed E-state index contributed by atoms with van der Waals surface area (Å²) in [6.45, 7) is 4.58. The average Bonchev–Trinajstić information content (AvgIpc) is 3.37. The normalized spacial score (nSPS) is 16.7. The van der Waals surface area contributed by atoms with Crippen molar-refractivity contribution >= 4 is 63.0 Å². The Labute approximate surface area is 247 Å². The topological polar surface area (TPSA) is 69.7 Å². The number of amides is 3. The van der Waals surface area contributed by atoms with Crippen molar-refractivity contribution in [2.75, 3.05) is 23.3 Å². The highest BCUT2D eigenvalue weighted by molar-refractivity contribution is 8.26. The van der Waals surface area contributed by atoms with E-state index in [-0.39, 0.29) is 24.3 Å². The van der Waals surface area contributed by atoms with Crippen molar-refractivity contribution in [1.29, 1.82) is 0 Å². The molecule has 0 saturated carbocycles. The number of fused-ring (bicyclic) bond motifs is 1. The van der Waals surface area contributed by atoms with E-state index in [0.29, 0.717) is 38.3 Å². The monoisotopic (exact) mass is 577 g/mol. The summed E-state index contributed by atoms with van der Waals surface area (Å²) in [7, 11) is 0. The lowest BCUT2D eigenvalue weighted by atomic mass is 10.1. The molecule has 8 heteroatoms. The highest BCUT2D eigenvalue weighted by Gasteiger charge is 2.42. The fourth-order valence-corrected chi connectivity index (χ4v) is 6.58. The first-order valence-corrected chi connectivity index (χ1v) is 15.7. The zero-order chi connectivity index (χ0) is 28.5. The molecule has 2 aromatic rings. The molecule has 6 nitrogen and oxygen atoms in total. The number of unbranched alkanes of at least 4 members (excludes halogenated alkanes) is 9. The van der Waals surface area contributed by atoms with Gasteiger partial charge in [0.25, 0.3) is 11.8 Å². The molecule has 1 N–H and O–H groups in total. The molecule has 4 rings (SSSR count). The van der Waals surface area contributed by atoms with Gasteiger partial charge in [-0.3, -0.25) is 24.2 Å². The predicted molar refractivity (Wildman–Crippen MR) is 169 cm³/mol. The summed E-state index contributed by atoms with van der Waals surface area (Å²) in [5.41, 5.74) is 3.27. The maximum Gasteiger partial charge on any atom is 0.267 e. The van der Waals surface area contributed by atoms with Crippen LogP contribution in [0.4, 0.5) is 11.4 Å². The number of thioether (sulfide) groups is 1. The molecule has 40 heavy (non-hydrogen) atoms. The van der Waals surface area contributed by atoms with E-state index < -0.39 is 0 Å². The predicted octanol–water partition coefficient (Wildman–Crippen LogP) is 7.47. The standard InChI is InChI=1S/C32H39N3O3S2/c1-3-4-5-6-7-8-9-10-11-16-21-34-31(38)29(40-32(34)39)28-24-18-13-15-20-26(24)35(30(28)37)22-27(36)33-25-19-14-12-17-23(25)2/h12-15,17-20H,3-11,16,21-22H2,1-2H3,(H,33,36). The van der Waals surface area contributed by atoms with Crippen LogP contribution in [0.5, 0.6) is 0 Å². The maximum atomic E-state index is 13.7. The molecule has 2 aliphatic heterocycles. The van der Waals surface area contributed by atoms with Crippen LogP contribution in [-0.2, 0) is 14.4 Å². The molecule has 3 amide bonds. The first kappa shape index (κ1) is 30.0. The second-order valence-electron chi connectivity index (χ2n) is 10.5. The van der Waals surface area contributed by atoms with Crippen molar-refractivity contribution in [3.63, 3.8) is 0 Å². The van der Waals surface area contributed by atoms with Crippen molar-refractivity contribution in [3.8, 4) is 0 Å². The van der Waals surface area contributed by atoms with Crippen LogP contribution < -0.4 is 10.2 Å². The first-order chi connectivity index (χ1) is 19.4. The van der Waals surface area contributed by atoms with Crippen LogP contribution in [0, 0.1) is 6.92 Å². The molecule has 0 radical (unpaired) electrons. The van der Waals surface area contributed by atoms with E-state index in [0.717, 1.165) is 24.8 Å². The molecule has 2 heterocycles. The molecule has 0 atom stereocenters. The molecule has 2 aliphatic rings. The number of hydrogen-bond acceptors (Lipinski definition) is 5. The van der Waals surface area contributed by atoms with Gasteiger partial charge in [0, 0.05) is 17.8 Å². The van der Waals surface area contributed by atoms with E-state index in [1.54, 1.807) is 4.90 Å². The number of anilines is 2. The fourth-order valence-electron chi connectivity index (χ4n) is 5.20. The number of nitrogens with one attached hydrogen (secondary N) is 1. The number of rotatable bonds is 14. The largest absolute Gasteiger partial charge is 0.324 e. The Bertz CT molecular complexity index is 1290. The first-order valence-electron chi connectivity index (χ1n) is 14.5. The van der Waals surface area contributed by atoms with Crippen molar-refractivity contribution < 1.29 is 14.4 Å². The van der Waals surface area contributed by atoms with E-state index in [2.05, 4.69) is 12.2 Å². The van der Waals surface area contributed by atoms with E-state index in [9.17, 15) is 14.4 Å². The van der Waals surface area contributed by atoms with Gasteiger partial charge < -0.3 is 5.32 Å². The van der Waals surface area contributed by atoms with E-state index in [1.807, 2.05) is 55.5 Å². The van der Waals surface area contributed by atoms with Gasteiger partial charge in [-0.25, -0.2) is 0 Å². The Morgan fingerprint density at radius 2 is 1.45 bits per heavy atom. The third-order valence-electron chi connectivity index (χ3n) is 7.46. The summed E-state index contributed by atoms with van der Waals surface area (Å²) in [6.07, 6.45) is 12.2. The van der Waals surface area contributed by atoms with Gasteiger partial charge in [0.2, 0.25) is 5.91 Å². The highest BCUT2D eigenvalue weighted by Crippen LogP contribution is 2.44. The van der Waals surface area contributed by atoms with Gasteiger partial charge in [0.15, 0.2) is 0 Å². The Morgan fingerprint density at radius 1 is 0.825 bits per heavy atom. The number of thiocarbonyl (C=S) groups is 1. The number of para-hydroxylation sites is 2. The van der Waals surface area contributed by atoms with Crippen molar-refractivity contribution in [2.45, 2.75) is 78.1 Å². The van der Waals surface area contributed by atoms with Gasteiger partial charge in [0.1, 0.15) is 10.9 Å². The number of carbonyl (C=O) groups excluding carboxylic acids is 3. The molecule has 212 valence electrons. The molecule has 2 aromatic carbocycles. The van der Waals surface area contributed by atoms with Crippen LogP contribution in [0.25, 0.3) is 5.57 Å². The van der Waals surface area contributed by atoms with Crippen LogP contribution in [0.3, 0.4) is 0 Å². The number of carbonyl (C=O) groups is 3. The van der Waals surface area contributed by atoms with Crippen molar-refractivity contribution in [1.82, 2.24) is 4.90 Å². The third kappa shape index (κ3) is 7.21. The number of aryl methyl sites for hydroxylation is 1. The van der Waals surface area contributed by atoms with Crippen LogP contribution in [-0.4, -0.2) is 40.0 Å². The molecular weight excluding hydrogens is 539 g/mol. The molecule has 0 aromatic heterocycles. The second-order valence-corrected chi connectivity index (χ2v) is 12.1. The quantitative estimate of drug-likeness (QED) is 0.143. The summed E-state index contributed by atoms with van der Waals surface area (Å²) in [5.74, 6) is -0.858. The zero-order valence-corrected chi connectivity index (χ0v) is 25.2. The fraction of sp³-hybridized carbons (Fsp3) is 0.438. The molecule has 0 spiro atoms. The highest BCUT2D eigenvalue weighted by atomic mass is 32.2. The molecule has 0 bridgehead atoms. The van der Waals surface area contributed by atoms with Gasteiger partial charge in [0.05, 0.1) is 16.2 Å². The Morgan fingerprint density at radius 3 is 2.15 bits per heavy atom. The molecule has 0 unspecified atom stereocenters. The zero-order valence-electron chi connectivity index (χ0n) is 23.5. The smallest absolute Gasteiger partial charge is 0.267 e. The van der Waals surface area contributed by atoms with Gasteiger partial charge in [-0.15, -0.1) is 0 Å². The summed E-state index contributed by atoms with van der Waals surface area (Å²) in [5, 5.41) is 2.90. The lowest BCUT2D eigenvalue weighted by Crippen LogP contribution is -2.35. The molecular formula is C32H39N3O3S2. The van der Waals surface area contributed by atoms with Crippen LogP contribution in [0.15, 0.2) is 53.4 Å². The number of hydrogen-bond donors (Lipinski definition) is 1. The average molecular weight is 578 g/mol. The van der Waals surface area contributed by atoms with Crippen molar-refractivity contribution in [2.24, 2.45) is 0 Å². The van der Waals surface area contributed by atoms with Gasteiger partial charge in [-0.05, 0) is 31.0 Å². The summed E-state index contributed by atoms with van der Waals surface area (Å²) in [4.78, 5) is 43.5. The number of nitrogens with zero attached hydrogens (tertiary/aromatic N) is 2. The number of benzene rings is 2. The molecule has 1 fully saturated rings. The summed E-state index contributed by atoms with van der Waals surface area (Å²) < 4.78 is 0.490. The van der Waals surface area contributed by atoms with Crippen LogP contribution in [0.1, 0.15) is 82.3 Å². The van der Waals surface area contributed by atoms with E-state index in [4.69, 9.17) is 12.2 Å². The Balaban J connectivity index is 1.37. The van der Waals surface area contributed by atoms with Gasteiger partial charge in [-0.2, -0.15) is 0 Å².